The lowest BCUT2D eigenvalue weighted by Crippen LogP contribution is -2.25. The van der Waals surface area contributed by atoms with Crippen LogP contribution in [-0.2, 0) is 52.8 Å². The second-order valence-electron chi connectivity index (χ2n) is 22.7. The number of aromatic nitrogens is 8. The highest BCUT2D eigenvalue weighted by molar-refractivity contribution is 6.48. The van der Waals surface area contributed by atoms with Crippen LogP contribution in [0.2, 0.25) is 30.5 Å². The Balaban J connectivity index is 0.000000177. The maximum atomic E-state index is 15.1. The van der Waals surface area contributed by atoms with Gasteiger partial charge in [0.2, 0.25) is 17.5 Å². The number of halogens is 10. The van der Waals surface area contributed by atoms with Crippen molar-refractivity contribution in [3.63, 3.8) is 0 Å². The summed E-state index contributed by atoms with van der Waals surface area (Å²) in [6.07, 6.45) is 4.42. The maximum Gasteiger partial charge on any atom is 0.280 e. The van der Waals surface area contributed by atoms with Crippen molar-refractivity contribution in [2.24, 2.45) is 41.1 Å². The minimum Gasteiger partial charge on any atom is -0.507 e. The zero-order valence-electron chi connectivity index (χ0n) is 63.5. The molecule has 640 valence electrons. The van der Waals surface area contributed by atoms with Gasteiger partial charge in [0.15, 0.2) is 64.8 Å². The number of phenolic OH excluding ortho intramolecular Hbond substituents is 2. The van der Waals surface area contributed by atoms with E-state index in [4.69, 9.17) is 151 Å². The number of nitrogens with zero attached hydrogens (tertiary/aromatic N) is 16. The van der Waals surface area contributed by atoms with Crippen molar-refractivity contribution in [2.45, 2.75) is 7.43 Å². The fraction of sp³-hybridized carbons (Fsp3) is 0.165. The standard InChI is InChI=1S/C21H16ClFN4O5.C21H16ClFN4O4.C15H12ClFN4O4.C11H12N2O4.C6H5ClO.C4HCl2FN2.CH4/c1-28-26-18(21-27-30-11-10-29-21)13-6-2-4-8-15(13)31-19-17(23)20(25-12-24-19)32-16-9-5-3-7-14(16)22;1-24-18(21-27-29-11-10-28-21)13-6-2-4-8-15(13)30-19-17(23)20(26-12-25-19)31-16-9-5-3-7-14(16)22;1-22-20-12(15-21-24-7-6-23-15)9-4-2-3-5-10(9)25-14-11(17)13(16)18-8-19-14;1-15-12-10(11-13-17-7-6-16-11)8-4-2-3-5-9(8)14;7-5-3-1-2-4-6(5)8;5-3-2(7)4(6)9-1-8-3;/h2-9,12H,10-11H2,1H3;2-9,12H,10-11H2,1H3;2-5,8H,6-7H2,1H3;2-5,14H,6-7H2,1H3;1-4,8H;1H;1H4/b26-18-;;20-12-;12-10-;;;. The number of hydrogen-bond donors (Lipinski definition) is 2. The van der Waals surface area contributed by atoms with E-state index in [-0.39, 0.29) is 134 Å². The van der Waals surface area contributed by atoms with Crippen molar-refractivity contribution >= 4 is 116 Å². The van der Waals surface area contributed by atoms with Crippen LogP contribution in [-0.4, -0.2) is 178 Å². The Morgan fingerprint density at radius 1 is 0.317 bits per heavy atom. The van der Waals surface area contributed by atoms with Gasteiger partial charge in [0.1, 0.15) is 119 Å². The highest BCUT2D eigenvalue weighted by Gasteiger charge is 2.29. The molecule has 4 aliphatic rings. The Hall–Kier alpha value is -13.9. The van der Waals surface area contributed by atoms with Gasteiger partial charge in [-0.3, -0.25) is 4.99 Å². The van der Waals surface area contributed by atoms with E-state index in [0.29, 0.717) is 95.0 Å². The summed E-state index contributed by atoms with van der Waals surface area (Å²) in [6, 6.07) is 46.9. The Morgan fingerprint density at radius 3 is 0.894 bits per heavy atom. The minimum absolute atomic E-state index is 0. The average molecular weight is 1820 g/mol. The van der Waals surface area contributed by atoms with Crippen LogP contribution >= 0.6 is 69.6 Å². The molecule has 15 rings (SSSR count). The summed E-state index contributed by atoms with van der Waals surface area (Å²) in [5.41, 5.74) is 2.93. The van der Waals surface area contributed by atoms with E-state index in [1.54, 1.807) is 177 Å². The van der Waals surface area contributed by atoms with E-state index in [1.807, 2.05) is 0 Å². The lowest BCUT2D eigenvalue weighted by molar-refractivity contribution is 0.0672. The molecule has 0 spiro atoms. The van der Waals surface area contributed by atoms with Gasteiger partial charge in [-0.25, -0.2) is 19.3 Å². The first kappa shape index (κ1) is 93.0. The molecule has 0 fully saturated rings. The summed E-state index contributed by atoms with van der Waals surface area (Å²) in [5.74, 6) is -3.12. The molecule has 123 heavy (non-hydrogen) atoms. The van der Waals surface area contributed by atoms with Crippen molar-refractivity contribution < 1.29 is 104 Å². The molecule has 34 nitrogen and oxygen atoms in total. The van der Waals surface area contributed by atoms with Crippen molar-refractivity contribution in [1.29, 1.82) is 0 Å². The van der Waals surface area contributed by atoms with Crippen LogP contribution < -0.4 is 23.7 Å². The number of phenols is 2. The number of aliphatic imine (C=N–C) groups is 1. The van der Waals surface area contributed by atoms with Gasteiger partial charge in [-0.15, -0.1) is 0 Å². The van der Waals surface area contributed by atoms with Gasteiger partial charge >= 0.3 is 0 Å². The lowest BCUT2D eigenvalue weighted by atomic mass is 10.1. The van der Waals surface area contributed by atoms with Gasteiger partial charge in [0, 0.05) is 12.6 Å². The summed E-state index contributed by atoms with van der Waals surface area (Å²) in [7, 11) is 5.73. The fourth-order valence-electron chi connectivity index (χ4n) is 9.54. The second-order valence-corrected chi connectivity index (χ2v) is 25.0. The predicted molar refractivity (Wildman–Crippen MR) is 444 cm³/mol. The predicted octanol–water partition coefficient (Wildman–Crippen LogP) is 17.7. The molecule has 44 heteroatoms. The number of hydrogen-bond acceptors (Lipinski definition) is 34. The molecule has 4 aromatic heterocycles. The van der Waals surface area contributed by atoms with Crippen molar-refractivity contribution in [2.75, 3.05) is 81.2 Å². The van der Waals surface area contributed by atoms with Gasteiger partial charge in [0.25, 0.3) is 53.0 Å². The third-order valence-corrected chi connectivity index (χ3v) is 16.6. The second kappa shape index (κ2) is 48.4. The molecule has 0 saturated carbocycles. The van der Waals surface area contributed by atoms with Crippen LogP contribution in [0.5, 0.6) is 69.6 Å². The highest BCUT2D eigenvalue weighted by Crippen LogP contribution is 2.38. The van der Waals surface area contributed by atoms with Crippen LogP contribution in [0.3, 0.4) is 0 Å². The topological polar surface area (TPSA) is 390 Å². The molecule has 0 atom stereocenters. The Morgan fingerprint density at radius 2 is 0.585 bits per heavy atom. The first-order chi connectivity index (χ1) is 59.4. The van der Waals surface area contributed by atoms with Gasteiger partial charge in [0.05, 0.1) is 31.8 Å². The molecule has 0 aliphatic carbocycles. The molecule has 7 aromatic carbocycles. The molecule has 0 unspecified atom stereocenters. The third kappa shape index (κ3) is 26.5. The summed E-state index contributed by atoms with van der Waals surface area (Å²) >= 11 is 33.7. The zero-order chi connectivity index (χ0) is 86.5. The van der Waals surface area contributed by atoms with Crippen LogP contribution in [0.25, 0.3) is 0 Å². The van der Waals surface area contributed by atoms with Crippen molar-refractivity contribution in [3.05, 3.63) is 271 Å². The molecule has 2 N–H and O–H groups in total. The van der Waals surface area contributed by atoms with E-state index in [9.17, 15) is 13.9 Å². The number of aromatic hydroxyl groups is 2. The number of oxime groups is 7. The molecular formula is C79H66Cl6F4N16O18. The smallest absolute Gasteiger partial charge is 0.280 e. The molecule has 8 heterocycles. The molecule has 4 aliphatic heterocycles. The zero-order valence-corrected chi connectivity index (χ0v) is 68.0. The molecular weight excluding hydrogens is 1750 g/mol. The van der Waals surface area contributed by atoms with Crippen LogP contribution in [0, 0.1) is 23.3 Å². The Kier molecular flexibility index (Phi) is 36.5. The first-order valence-electron chi connectivity index (χ1n) is 34.9. The van der Waals surface area contributed by atoms with Crippen LogP contribution in [0.4, 0.5) is 17.6 Å². The minimum atomic E-state index is -0.915. The van der Waals surface area contributed by atoms with E-state index in [0.717, 1.165) is 25.3 Å². The molecule has 0 amide bonds. The van der Waals surface area contributed by atoms with Gasteiger partial charge in [-0.05, 0) is 106 Å². The largest absolute Gasteiger partial charge is 0.507 e. The van der Waals surface area contributed by atoms with Crippen LogP contribution in [0.15, 0.2) is 236 Å². The molecule has 0 saturated heterocycles. The van der Waals surface area contributed by atoms with E-state index < -0.39 is 23.3 Å². The molecule has 0 radical (unpaired) electrons. The lowest BCUT2D eigenvalue weighted by Gasteiger charge is -2.17. The molecule has 0 bridgehead atoms. The summed E-state index contributed by atoms with van der Waals surface area (Å²) in [6.45, 7) is 2.69. The van der Waals surface area contributed by atoms with E-state index >= 15 is 8.78 Å². The maximum absolute atomic E-state index is 15.1. The van der Waals surface area contributed by atoms with Crippen molar-refractivity contribution in [1.82, 2.24) is 39.9 Å². The molecule has 11 aromatic rings. The van der Waals surface area contributed by atoms with Gasteiger partial charge in [-0.2, -0.15) is 38.1 Å². The SMILES string of the molecule is C.CN=C(C1=NOCCO1)c1ccccc1Oc1ncnc(Oc2ccccc2Cl)c1F.CO/N=C(\C1=NOCCO1)c1ccccc1O.CO/N=C(\C1=NOCCO1)c1ccccc1Oc1ncnc(Cl)c1F.CO/N=C(\C1=NOCCO1)c1ccccc1Oc1ncnc(Oc2ccccc2Cl)c1F.Fc1c(Cl)ncnc1Cl.Oc1ccccc1Cl. The monoisotopic (exact) mass is 1810 g/mol. The number of ether oxygens (including phenoxy) is 9. The number of rotatable bonds is 21. The number of para-hydroxylation sites is 7. The Bertz CT molecular complexity index is 5620. The Labute approximate surface area is 726 Å². The quantitative estimate of drug-likeness (QED) is 0.0292. The average Bonchev–Trinajstić information content (AvgIpc) is 0.823. The van der Waals surface area contributed by atoms with Crippen molar-refractivity contribution in [3.8, 4) is 69.6 Å². The van der Waals surface area contributed by atoms with E-state index in [2.05, 4.69) is 81.0 Å². The highest BCUT2D eigenvalue weighted by atomic mass is 35.5. The van der Waals surface area contributed by atoms with Gasteiger partial charge in [-0.1, -0.05) is 177 Å². The van der Waals surface area contributed by atoms with Gasteiger partial charge < -0.3 is 86.7 Å². The first-order valence-corrected chi connectivity index (χ1v) is 37.2. The summed E-state index contributed by atoms with van der Waals surface area (Å²) < 4.78 is 106. The fourth-order valence-corrected chi connectivity index (χ4v) is 10.5. The normalized spacial score (nSPS) is 13.3. The van der Waals surface area contributed by atoms with E-state index in [1.165, 1.54) is 21.3 Å². The third-order valence-electron chi connectivity index (χ3n) is 14.8. The summed E-state index contributed by atoms with van der Waals surface area (Å²) in [5, 5.41) is 45.7. The van der Waals surface area contributed by atoms with Crippen LogP contribution in [0.1, 0.15) is 29.7 Å². The number of benzene rings is 7. The summed E-state index contributed by atoms with van der Waals surface area (Å²) in [4.78, 5) is 68.2.